The highest BCUT2D eigenvalue weighted by molar-refractivity contribution is 5.19. The van der Waals surface area contributed by atoms with Crippen molar-refractivity contribution in [2.75, 3.05) is 0 Å². The van der Waals surface area contributed by atoms with E-state index in [0.29, 0.717) is 0 Å². The van der Waals surface area contributed by atoms with Gasteiger partial charge in [0.05, 0.1) is 6.07 Å². The number of hydrogen-bond acceptors (Lipinski definition) is 2. The zero-order valence-corrected chi connectivity index (χ0v) is 14.5. The van der Waals surface area contributed by atoms with Crippen molar-refractivity contribution in [3.8, 4) is 6.07 Å². The number of benzene rings is 2. The van der Waals surface area contributed by atoms with Gasteiger partial charge in [-0.1, -0.05) is 66.7 Å². The van der Waals surface area contributed by atoms with Gasteiger partial charge in [0.2, 0.25) is 0 Å². The lowest BCUT2D eigenvalue weighted by atomic mass is 9.92. The molecule has 0 radical (unpaired) electrons. The van der Waals surface area contributed by atoms with Gasteiger partial charge in [-0.3, -0.25) is 4.90 Å². The van der Waals surface area contributed by atoms with Crippen molar-refractivity contribution < 1.29 is 0 Å². The molecule has 0 spiro atoms. The van der Waals surface area contributed by atoms with Gasteiger partial charge in [0.1, 0.15) is 5.54 Å². The van der Waals surface area contributed by atoms with Crippen LogP contribution in [0.2, 0.25) is 0 Å². The first-order valence-corrected chi connectivity index (χ1v) is 8.53. The van der Waals surface area contributed by atoms with Crippen molar-refractivity contribution in [2.24, 2.45) is 0 Å². The smallest absolute Gasteiger partial charge is 0.106 e. The molecule has 0 aliphatic carbocycles. The molecule has 0 bridgehead atoms. The normalized spacial score (nSPS) is 13.2. The van der Waals surface area contributed by atoms with E-state index in [1.807, 2.05) is 18.2 Å². The Morgan fingerprint density at radius 1 is 1.00 bits per heavy atom. The Labute approximate surface area is 146 Å². The maximum absolute atomic E-state index is 9.89. The van der Waals surface area contributed by atoms with Crippen molar-refractivity contribution in [1.29, 1.82) is 5.26 Å². The third kappa shape index (κ3) is 5.08. The Hall–Kier alpha value is -2.37. The van der Waals surface area contributed by atoms with Gasteiger partial charge >= 0.3 is 0 Å². The molecule has 2 nitrogen and oxygen atoms in total. The lowest BCUT2D eigenvalue weighted by Crippen LogP contribution is -2.44. The summed E-state index contributed by atoms with van der Waals surface area (Å²) >= 11 is 0. The molecule has 0 aromatic heterocycles. The van der Waals surface area contributed by atoms with E-state index in [1.54, 1.807) is 0 Å². The molecule has 0 fully saturated rings. The van der Waals surface area contributed by atoms with E-state index in [-0.39, 0.29) is 0 Å². The van der Waals surface area contributed by atoms with Crippen LogP contribution in [0.4, 0.5) is 0 Å². The summed E-state index contributed by atoms with van der Waals surface area (Å²) in [4.78, 5) is 2.29. The molecule has 0 saturated heterocycles. The highest BCUT2D eigenvalue weighted by Gasteiger charge is 2.31. The first-order chi connectivity index (χ1) is 11.7. The second kappa shape index (κ2) is 9.05. The van der Waals surface area contributed by atoms with Crippen LogP contribution in [-0.2, 0) is 13.1 Å². The summed E-state index contributed by atoms with van der Waals surface area (Å²) in [5.74, 6) is 0. The predicted octanol–water partition coefficient (Wildman–Crippen LogP) is 5.33. The van der Waals surface area contributed by atoms with Gasteiger partial charge < -0.3 is 0 Å². The van der Waals surface area contributed by atoms with Gasteiger partial charge in [0, 0.05) is 13.1 Å². The predicted molar refractivity (Wildman–Crippen MR) is 100 cm³/mol. The average molecular weight is 318 g/mol. The van der Waals surface area contributed by atoms with E-state index in [2.05, 4.69) is 73.0 Å². The highest BCUT2D eigenvalue weighted by Crippen LogP contribution is 2.26. The molecular weight excluding hydrogens is 292 g/mol. The van der Waals surface area contributed by atoms with Crippen molar-refractivity contribution in [2.45, 2.75) is 44.8 Å². The molecule has 2 rings (SSSR count). The number of rotatable bonds is 9. The maximum atomic E-state index is 9.89. The van der Waals surface area contributed by atoms with Gasteiger partial charge in [-0.25, -0.2) is 0 Å². The first kappa shape index (κ1) is 18.0. The molecule has 0 heterocycles. The van der Waals surface area contributed by atoms with Gasteiger partial charge in [-0.05, 0) is 37.3 Å². The van der Waals surface area contributed by atoms with Crippen LogP contribution < -0.4 is 0 Å². The zero-order chi connectivity index (χ0) is 17.3. The SMILES string of the molecule is C=CCCCC(C)(C#N)N(Cc1ccccc1)Cc1ccccc1. The number of nitrogens with zero attached hydrogens (tertiary/aromatic N) is 2. The molecule has 124 valence electrons. The summed E-state index contributed by atoms with van der Waals surface area (Å²) in [6.07, 6.45) is 4.70. The van der Waals surface area contributed by atoms with Crippen LogP contribution in [0.3, 0.4) is 0 Å². The standard InChI is InChI=1S/C22H26N2/c1-3-4-11-16-22(2,19-23)24(17-20-12-7-5-8-13-20)18-21-14-9-6-10-15-21/h3,5-10,12-15H,1,4,11,16-18H2,2H3. The van der Waals surface area contributed by atoms with Crippen LogP contribution >= 0.6 is 0 Å². The van der Waals surface area contributed by atoms with Crippen LogP contribution in [0.25, 0.3) is 0 Å². The molecule has 2 heteroatoms. The monoisotopic (exact) mass is 318 g/mol. The summed E-state index contributed by atoms with van der Waals surface area (Å²) in [7, 11) is 0. The van der Waals surface area contributed by atoms with E-state index in [1.165, 1.54) is 11.1 Å². The second-order valence-corrected chi connectivity index (χ2v) is 6.39. The molecule has 0 aliphatic rings. The molecule has 1 unspecified atom stereocenters. The van der Waals surface area contributed by atoms with E-state index in [0.717, 1.165) is 32.4 Å². The number of hydrogen-bond donors (Lipinski definition) is 0. The van der Waals surface area contributed by atoms with E-state index in [9.17, 15) is 5.26 Å². The Bertz CT molecular complexity index is 616. The van der Waals surface area contributed by atoms with Crippen LogP contribution in [0, 0.1) is 11.3 Å². The lowest BCUT2D eigenvalue weighted by Gasteiger charge is -2.36. The second-order valence-electron chi connectivity index (χ2n) is 6.39. The van der Waals surface area contributed by atoms with Crippen molar-refractivity contribution >= 4 is 0 Å². The third-order valence-electron chi connectivity index (χ3n) is 4.44. The van der Waals surface area contributed by atoms with E-state index in [4.69, 9.17) is 0 Å². The molecule has 0 aliphatic heterocycles. The Morgan fingerprint density at radius 3 is 1.92 bits per heavy atom. The number of unbranched alkanes of at least 4 members (excludes halogenated alkanes) is 1. The largest absolute Gasteiger partial charge is 0.277 e. The summed E-state index contributed by atoms with van der Waals surface area (Å²) in [6, 6.07) is 23.3. The summed E-state index contributed by atoms with van der Waals surface area (Å²) in [6.45, 7) is 7.39. The van der Waals surface area contributed by atoms with Crippen LogP contribution in [0.1, 0.15) is 37.3 Å². The van der Waals surface area contributed by atoms with Gasteiger partial charge in [0.25, 0.3) is 0 Å². The zero-order valence-electron chi connectivity index (χ0n) is 14.5. The average Bonchev–Trinajstić information content (AvgIpc) is 2.63. The fraction of sp³-hybridized carbons (Fsp3) is 0.318. The van der Waals surface area contributed by atoms with Crippen molar-refractivity contribution in [3.05, 3.63) is 84.4 Å². The van der Waals surface area contributed by atoms with Gasteiger partial charge in [-0.15, -0.1) is 6.58 Å². The molecule has 24 heavy (non-hydrogen) atoms. The molecular formula is C22H26N2. The lowest BCUT2D eigenvalue weighted by molar-refractivity contribution is 0.123. The van der Waals surface area contributed by atoms with Crippen molar-refractivity contribution in [3.63, 3.8) is 0 Å². The summed E-state index contributed by atoms with van der Waals surface area (Å²) in [5.41, 5.74) is 1.98. The molecule has 0 saturated carbocycles. The van der Waals surface area contributed by atoms with Crippen LogP contribution in [0.15, 0.2) is 73.3 Å². The Morgan fingerprint density at radius 2 is 1.50 bits per heavy atom. The maximum Gasteiger partial charge on any atom is 0.106 e. The third-order valence-corrected chi connectivity index (χ3v) is 4.44. The molecule has 0 amide bonds. The number of nitriles is 1. The minimum Gasteiger partial charge on any atom is -0.277 e. The van der Waals surface area contributed by atoms with E-state index >= 15 is 0 Å². The highest BCUT2D eigenvalue weighted by atomic mass is 15.2. The molecule has 2 aromatic carbocycles. The minimum absolute atomic E-state index is 0.491. The minimum atomic E-state index is -0.491. The van der Waals surface area contributed by atoms with Crippen LogP contribution in [-0.4, -0.2) is 10.4 Å². The summed E-state index contributed by atoms with van der Waals surface area (Å²) < 4.78 is 0. The quantitative estimate of drug-likeness (QED) is 0.462. The molecule has 1 atom stereocenters. The Balaban J connectivity index is 2.22. The molecule has 2 aromatic rings. The Kier molecular flexibility index (Phi) is 6.78. The first-order valence-electron chi connectivity index (χ1n) is 8.53. The fourth-order valence-electron chi connectivity index (χ4n) is 2.89. The van der Waals surface area contributed by atoms with Crippen LogP contribution in [0.5, 0.6) is 0 Å². The molecule has 0 N–H and O–H groups in total. The van der Waals surface area contributed by atoms with Crippen molar-refractivity contribution in [1.82, 2.24) is 4.90 Å². The van der Waals surface area contributed by atoms with Gasteiger partial charge in [0.15, 0.2) is 0 Å². The summed E-state index contributed by atoms with van der Waals surface area (Å²) in [5, 5.41) is 9.89. The van der Waals surface area contributed by atoms with Gasteiger partial charge in [-0.2, -0.15) is 5.26 Å². The fourth-order valence-corrected chi connectivity index (χ4v) is 2.89. The number of allylic oxidation sites excluding steroid dienone is 1. The van der Waals surface area contributed by atoms with E-state index < -0.39 is 5.54 Å². The topological polar surface area (TPSA) is 27.0 Å².